The zero-order chi connectivity index (χ0) is 12.1. The van der Waals surface area contributed by atoms with Gasteiger partial charge in [0.05, 0.1) is 18.6 Å². The lowest BCUT2D eigenvalue weighted by atomic mass is 10.1. The van der Waals surface area contributed by atoms with Crippen molar-refractivity contribution in [2.75, 3.05) is 13.1 Å². The van der Waals surface area contributed by atoms with E-state index in [1.807, 2.05) is 17.9 Å². The molecule has 1 saturated heterocycles. The van der Waals surface area contributed by atoms with Crippen molar-refractivity contribution in [1.29, 1.82) is 0 Å². The van der Waals surface area contributed by atoms with E-state index in [2.05, 4.69) is 5.32 Å². The molecular formula is C13H20N2O2. The fourth-order valence-electron chi connectivity index (χ4n) is 2.14. The third-order valence-electron chi connectivity index (χ3n) is 3.23. The molecule has 1 unspecified atom stereocenters. The predicted molar refractivity (Wildman–Crippen MR) is 65.4 cm³/mol. The van der Waals surface area contributed by atoms with Gasteiger partial charge in [-0.15, -0.1) is 0 Å². The van der Waals surface area contributed by atoms with Gasteiger partial charge in [-0.3, -0.25) is 4.79 Å². The molecule has 0 spiro atoms. The molecule has 1 aliphatic heterocycles. The number of amides is 1. The van der Waals surface area contributed by atoms with Crippen molar-refractivity contribution >= 4 is 5.91 Å². The number of carbonyl (C=O) groups excluding carboxylic acids is 1. The first-order valence-corrected chi connectivity index (χ1v) is 6.30. The predicted octanol–water partition coefficient (Wildman–Crippen LogP) is 1.77. The minimum Gasteiger partial charge on any atom is -0.472 e. The summed E-state index contributed by atoms with van der Waals surface area (Å²) in [7, 11) is 0. The van der Waals surface area contributed by atoms with E-state index in [4.69, 9.17) is 4.42 Å². The average Bonchev–Trinajstić information content (AvgIpc) is 2.89. The maximum Gasteiger partial charge on any atom is 0.239 e. The summed E-state index contributed by atoms with van der Waals surface area (Å²) >= 11 is 0. The molecule has 94 valence electrons. The highest BCUT2D eigenvalue weighted by Crippen LogP contribution is 2.10. The summed E-state index contributed by atoms with van der Waals surface area (Å²) in [5.41, 5.74) is 1.07. The van der Waals surface area contributed by atoms with Crippen LogP contribution in [0.1, 0.15) is 31.7 Å². The van der Waals surface area contributed by atoms with Crippen LogP contribution in [0.5, 0.6) is 0 Å². The molecule has 4 nitrogen and oxygen atoms in total. The Morgan fingerprint density at radius 3 is 2.88 bits per heavy atom. The van der Waals surface area contributed by atoms with Crippen LogP contribution in [0.15, 0.2) is 23.0 Å². The lowest BCUT2D eigenvalue weighted by Crippen LogP contribution is -2.46. The molecule has 2 heterocycles. The van der Waals surface area contributed by atoms with Gasteiger partial charge in [0.25, 0.3) is 0 Å². The molecule has 1 N–H and O–H groups in total. The molecule has 4 heteroatoms. The number of piperidine rings is 1. The Labute approximate surface area is 102 Å². The lowest BCUT2D eigenvalue weighted by Gasteiger charge is -2.29. The van der Waals surface area contributed by atoms with E-state index in [1.165, 1.54) is 6.42 Å². The third-order valence-corrected chi connectivity index (χ3v) is 3.23. The molecule has 0 saturated carbocycles. The van der Waals surface area contributed by atoms with E-state index in [0.717, 1.165) is 31.5 Å². The molecule has 0 aliphatic carbocycles. The van der Waals surface area contributed by atoms with Crippen molar-refractivity contribution in [1.82, 2.24) is 10.2 Å². The number of hydrogen-bond acceptors (Lipinski definition) is 3. The normalized spacial score (nSPS) is 18.1. The highest BCUT2D eigenvalue weighted by atomic mass is 16.3. The minimum atomic E-state index is -0.122. The minimum absolute atomic E-state index is 0.122. The molecule has 2 rings (SSSR count). The average molecular weight is 236 g/mol. The fraction of sp³-hybridized carbons (Fsp3) is 0.615. The molecule has 1 aromatic heterocycles. The number of rotatable bonds is 4. The van der Waals surface area contributed by atoms with E-state index in [-0.39, 0.29) is 11.9 Å². The summed E-state index contributed by atoms with van der Waals surface area (Å²) in [6, 6.07) is 1.79. The maximum atomic E-state index is 12.1. The Hall–Kier alpha value is -1.29. The summed E-state index contributed by atoms with van der Waals surface area (Å²) in [5.74, 6) is 0.216. The van der Waals surface area contributed by atoms with Crippen LogP contribution in [0.4, 0.5) is 0 Å². The molecule has 0 bridgehead atoms. The maximum absolute atomic E-state index is 12.1. The SMILES string of the molecule is CC(NCc1ccoc1)C(=O)N1CCCCC1. The Bertz CT molecular complexity index is 342. The number of hydrogen-bond donors (Lipinski definition) is 1. The summed E-state index contributed by atoms with van der Waals surface area (Å²) in [4.78, 5) is 14.1. The summed E-state index contributed by atoms with van der Waals surface area (Å²) in [6.07, 6.45) is 6.88. The summed E-state index contributed by atoms with van der Waals surface area (Å²) in [6.45, 7) is 4.43. The van der Waals surface area contributed by atoms with E-state index < -0.39 is 0 Å². The molecular weight excluding hydrogens is 216 g/mol. The Kier molecular flexibility index (Phi) is 4.20. The second-order valence-electron chi connectivity index (χ2n) is 4.62. The Morgan fingerprint density at radius 1 is 1.47 bits per heavy atom. The van der Waals surface area contributed by atoms with Crippen molar-refractivity contribution in [2.24, 2.45) is 0 Å². The molecule has 17 heavy (non-hydrogen) atoms. The molecule has 0 radical (unpaired) electrons. The quantitative estimate of drug-likeness (QED) is 0.866. The smallest absolute Gasteiger partial charge is 0.239 e. The van der Waals surface area contributed by atoms with Crippen molar-refractivity contribution < 1.29 is 9.21 Å². The van der Waals surface area contributed by atoms with Crippen molar-refractivity contribution in [3.05, 3.63) is 24.2 Å². The molecule has 1 aromatic rings. The first-order chi connectivity index (χ1) is 8.27. The number of nitrogens with zero attached hydrogens (tertiary/aromatic N) is 1. The molecule has 0 aromatic carbocycles. The van der Waals surface area contributed by atoms with Gasteiger partial charge in [0.1, 0.15) is 0 Å². The zero-order valence-electron chi connectivity index (χ0n) is 10.3. The number of furan rings is 1. The zero-order valence-corrected chi connectivity index (χ0v) is 10.3. The van der Waals surface area contributed by atoms with Gasteiger partial charge >= 0.3 is 0 Å². The third kappa shape index (κ3) is 3.33. The largest absolute Gasteiger partial charge is 0.472 e. The first-order valence-electron chi connectivity index (χ1n) is 6.30. The summed E-state index contributed by atoms with van der Waals surface area (Å²) in [5, 5.41) is 3.23. The van der Waals surface area contributed by atoms with E-state index >= 15 is 0 Å². The van der Waals surface area contributed by atoms with Gasteiger partial charge in [0.2, 0.25) is 5.91 Å². The molecule has 1 fully saturated rings. The van der Waals surface area contributed by atoms with Gasteiger partial charge in [-0.05, 0) is 32.3 Å². The van der Waals surface area contributed by atoms with Gasteiger partial charge in [-0.25, -0.2) is 0 Å². The van der Waals surface area contributed by atoms with Crippen LogP contribution >= 0.6 is 0 Å². The standard InChI is InChI=1S/C13H20N2O2/c1-11(14-9-12-5-8-17-10-12)13(16)15-6-3-2-4-7-15/h5,8,10-11,14H,2-4,6-7,9H2,1H3. The molecule has 1 aliphatic rings. The topological polar surface area (TPSA) is 45.5 Å². The number of carbonyl (C=O) groups is 1. The Morgan fingerprint density at radius 2 is 2.24 bits per heavy atom. The highest BCUT2D eigenvalue weighted by molar-refractivity contribution is 5.81. The van der Waals surface area contributed by atoms with Gasteiger partial charge in [0.15, 0.2) is 0 Å². The van der Waals surface area contributed by atoms with E-state index in [0.29, 0.717) is 6.54 Å². The van der Waals surface area contributed by atoms with E-state index in [1.54, 1.807) is 12.5 Å². The highest BCUT2D eigenvalue weighted by Gasteiger charge is 2.21. The second-order valence-corrected chi connectivity index (χ2v) is 4.62. The van der Waals surface area contributed by atoms with Gasteiger partial charge in [-0.2, -0.15) is 0 Å². The van der Waals surface area contributed by atoms with Crippen LogP contribution in [0.3, 0.4) is 0 Å². The van der Waals surface area contributed by atoms with Crippen molar-refractivity contribution in [3.8, 4) is 0 Å². The monoisotopic (exact) mass is 236 g/mol. The number of nitrogens with one attached hydrogen (secondary N) is 1. The Balaban J connectivity index is 1.78. The van der Waals surface area contributed by atoms with Gasteiger partial charge < -0.3 is 14.6 Å². The lowest BCUT2D eigenvalue weighted by molar-refractivity contribution is -0.133. The van der Waals surface area contributed by atoms with Crippen LogP contribution < -0.4 is 5.32 Å². The molecule has 1 amide bonds. The van der Waals surface area contributed by atoms with Crippen LogP contribution in [0.25, 0.3) is 0 Å². The van der Waals surface area contributed by atoms with Gasteiger partial charge in [-0.1, -0.05) is 0 Å². The molecule has 1 atom stereocenters. The number of likely N-dealkylation sites (tertiary alicyclic amines) is 1. The van der Waals surface area contributed by atoms with E-state index in [9.17, 15) is 4.79 Å². The summed E-state index contributed by atoms with van der Waals surface area (Å²) < 4.78 is 4.99. The van der Waals surface area contributed by atoms with Crippen LogP contribution in [-0.4, -0.2) is 29.9 Å². The second kappa shape index (κ2) is 5.87. The van der Waals surface area contributed by atoms with Crippen LogP contribution in [0.2, 0.25) is 0 Å². The van der Waals surface area contributed by atoms with Crippen LogP contribution in [-0.2, 0) is 11.3 Å². The van der Waals surface area contributed by atoms with Crippen LogP contribution in [0, 0.1) is 0 Å². The fourth-order valence-corrected chi connectivity index (χ4v) is 2.14. The van der Waals surface area contributed by atoms with Gasteiger partial charge in [0, 0.05) is 25.2 Å². The first kappa shape index (κ1) is 12.2. The van der Waals surface area contributed by atoms with Crippen molar-refractivity contribution in [3.63, 3.8) is 0 Å². The van der Waals surface area contributed by atoms with Crippen molar-refractivity contribution in [2.45, 2.75) is 38.8 Å².